The average Bonchev–Trinajstić information content (AvgIpc) is 3.00. The molecule has 1 saturated heterocycles. The van der Waals surface area contributed by atoms with Crippen molar-refractivity contribution < 1.29 is 18.7 Å². The molecule has 0 bridgehead atoms. The maximum absolute atomic E-state index is 13.9. The SMILES string of the molecule is CC(NC(=O)CC(NC(N)=O)c1ccccc1F)C1CCCO1. The summed E-state index contributed by atoms with van der Waals surface area (Å²) in [5, 5.41) is 5.25. The Morgan fingerprint density at radius 2 is 2.13 bits per heavy atom. The van der Waals surface area contributed by atoms with Crippen LogP contribution in [0.2, 0.25) is 0 Å². The number of carbonyl (C=O) groups is 2. The predicted octanol–water partition coefficient (Wildman–Crippen LogP) is 1.61. The third kappa shape index (κ3) is 4.92. The summed E-state index contributed by atoms with van der Waals surface area (Å²) >= 11 is 0. The van der Waals surface area contributed by atoms with Crippen molar-refractivity contribution >= 4 is 11.9 Å². The number of amides is 3. The van der Waals surface area contributed by atoms with Crippen LogP contribution in [0.3, 0.4) is 0 Å². The van der Waals surface area contributed by atoms with Crippen LogP contribution < -0.4 is 16.4 Å². The Labute approximate surface area is 134 Å². The van der Waals surface area contributed by atoms with E-state index in [0.717, 1.165) is 12.8 Å². The zero-order chi connectivity index (χ0) is 16.8. The largest absolute Gasteiger partial charge is 0.376 e. The van der Waals surface area contributed by atoms with Gasteiger partial charge in [-0.2, -0.15) is 0 Å². The minimum atomic E-state index is -0.814. The number of carbonyl (C=O) groups excluding carboxylic acids is 2. The zero-order valence-corrected chi connectivity index (χ0v) is 13.0. The van der Waals surface area contributed by atoms with Gasteiger partial charge in [0.1, 0.15) is 5.82 Å². The average molecular weight is 323 g/mol. The monoisotopic (exact) mass is 323 g/mol. The lowest BCUT2D eigenvalue weighted by atomic mass is 10.0. The maximum Gasteiger partial charge on any atom is 0.312 e. The van der Waals surface area contributed by atoms with Crippen molar-refractivity contribution in [1.29, 1.82) is 0 Å². The highest BCUT2D eigenvalue weighted by Gasteiger charge is 2.26. The fourth-order valence-corrected chi connectivity index (χ4v) is 2.76. The van der Waals surface area contributed by atoms with Gasteiger partial charge in [0.05, 0.1) is 24.6 Å². The molecule has 3 amide bonds. The van der Waals surface area contributed by atoms with Gasteiger partial charge in [-0.15, -0.1) is 0 Å². The molecule has 1 aromatic carbocycles. The smallest absolute Gasteiger partial charge is 0.312 e. The van der Waals surface area contributed by atoms with Crippen molar-refractivity contribution in [1.82, 2.24) is 10.6 Å². The molecule has 2 rings (SSSR count). The number of hydrogen-bond donors (Lipinski definition) is 3. The van der Waals surface area contributed by atoms with Crippen molar-refractivity contribution in [2.45, 2.75) is 44.4 Å². The van der Waals surface area contributed by atoms with Crippen molar-refractivity contribution in [2.24, 2.45) is 5.73 Å². The molecular weight excluding hydrogens is 301 g/mol. The first kappa shape index (κ1) is 17.2. The Kier molecular flexibility index (Phi) is 5.92. The fraction of sp³-hybridized carbons (Fsp3) is 0.500. The van der Waals surface area contributed by atoms with E-state index in [4.69, 9.17) is 10.5 Å². The van der Waals surface area contributed by atoms with Crippen molar-refractivity contribution in [3.8, 4) is 0 Å². The van der Waals surface area contributed by atoms with Crippen LogP contribution >= 0.6 is 0 Å². The molecule has 3 atom stereocenters. The lowest BCUT2D eigenvalue weighted by molar-refractivity contribution is -0.123. The molecule has 0 aromatic heterocycles. The Morgan fingerprint density at radius 1 is 1.39 bits per heavy atom. The summed E-state index contributed by atoms with van der Waals surface area (Å²) in [5.41, 5.74) is 5.36. The van der Waals surface area contributed by atoms with E-state index in [0.29, 0.717) is 6.61 Å². The van der Waals surface area contributed by atoms with E-state index >= 15 is 0 Å². The molecule has 0 radical (unpaired) electrons. The molecule has 4 N–H and O–H groups in total. The summed E-state index contributed by atoms with van der Waals surface area (Å²) in [6.07, 6.45) is 1.78. The number of benzene rings is 1. The molecule has 0 saturated carbocycles. The number of halogens is 1. The van der Waals surface area contributed by atoms with E-state index in [2.05, 4.69) is 10.6 Å². The molecule has 23 heavy (non-hydrogen) atoms. The summed E-state index contributed by atoms with van der Waals surface area (Å²) in [4.78, 5) is 23.3. The molecule has 0 spiro atoms. The van der Waals surface area contributed by atoms with Crippen LogP contribution in [0.25, 0.3) is 0 Å². The Morgan fingerprint density at radius 3 is 2.74 bits per heavy atom. The Hall–Kier alpha value is -2.15. The van der Waals surface area contributed by atoms with E-state index in [-0.39, 0.29) is 30.0 Å². The van der Waals surface area contributed by atoms with Crippen LogP contribution in [-0.2, 0) is 9.53 Å². The fourth-order valence-electron chi connectivity index (χ4n) is 2.76. The van der Waals surface area contributed by atoms with Gasteiger partial charge < -0.3 is 21.1 Å². The molecule has 3 unspecified atom stereocenters. The standard InChI is InChI=1S/C16H22FN3O3/c1-10(14-7-4-8-23-14)19-15(21)9-13(20-16(18)22)11-5-2-3-6-12(11)17/h2-3,5-6,10,13-14H,4,7-9H2,1H3,(H,19,21)(H3,18,20,22). The molecule has 1 fully saturated rings. The van der Waals surface area contributed by atoms with Crippen LogP contribution in [0.5, 0.6) is 0 Å². The second-order valence-corrected chi connectivity index (χ2v) is 5.69. The topological polar surface area (TPSA) is 93.5 Å². The van der Waals surface area contributed by atoms with E-state index in [1.54, 1.807) is 12.1 Å². The van der Waals surface area contributed by atoms with Crippen LogP contribution in [0.15, 0.2) is 24.3 Å². The van der Waals surface area contributed by atoms with Gasteiger partial charge in [-0.05, 0) is 25.8 Å². The first-order valence-electron chi connectivity index (χ1n) is 7.68. The molecule has 6 nitrogen and oxygen atoms in total. The molecule has 0 aliphatic carbocycles. The highest BCUT2D eigenvalue weighted by atomic mass is 19.1. The molecule has 7 heteroatoms. The van der Waals surface area contributed by atoms with E-state index in [1.807, 2.05) is 6.92 Å². The predicted molar refractivity (Wildman–Crippen MR) is 83.1 cm³/mol. The molecular formula is C16H22FN3O3. The number of urea groups is 1. The number of ether oxygens (including phenoxy) is 1. The van der Waals surface area contributed by atoms with Crippen LogP contribution in [0, 0.1) is 5.82 Å². The molecule has 1 aromatic rings. The van der Waals surface area contributed by atoms with Gasteiger partial charge in [0.25, 0.3) is 0 Å². The highest BCUT2D eigenvalue weighted by molar-refractivity contribution is 5.79. The first-order chi connectivity index (χ1) is 11.0. The second-order valence-electron chi connectivity index (χ2n) is 5.69. The van der Waals surface area contributed by atoms with Crippen molar-refractivity contribution in [3.05, 3.63) is 35.6 Å². The van der Waals surface area contributed by atoms with E-state index in [1.165, 1.54) is 12.1 Å². The maximum atomic E-state index is 13.9. The summed E-state index contributed by atoms with van der Waals surface area (Å²) in [7, 11) is 0. The molecule has 1 heterocycles. The lowest BCUT2D eigenvalue weighted by Gasteiger charge is -2.23. The number of nitrogens with one attached hydrogen (secondary N) is 2. The van der Waals surface area contributed by atoms with E-state index in [9.17, 15) is 14.0 Å². The quantitative estimate of drug-likeness (QED) is 0.742. The molecule has 126 valence electrons. The minimum absolute atomic E-state index is 0.00467. The number of rotatable bonds is 6. The van der Waals surface area contributed by atoms with Gasteiger partial charge >= 0.3 is 6.03 Å². The summed E-state index contributed by atoms with van der Waals surface area (Å²) in [6.45, 7) is 2.57. The number of primary amides is 1. The van der Waals surface area contributed by atoms with E-state index < -0.39 is 17.9 Å². The lowest BCUT2D eigenvalue weighted by Crippen LogP contribution is -2.43. The highest BCUT2D eigenvalue weighted by Crippen LogP contribution is 2.21. The molecule has 1 aliphatic heterocycles. The summed E-state index contributed by atoms with van der Waals surface area (Å²) in [5.74, 6) is -0.791. The summed E-state index contributed by atoms with van der Waals surface area (Å²) < 4.78 is 19.4. The zero-order valence-electron chi connectivity index (χ0n) is 13.0. The Balaban J connectivity index is 2.01. The normalized spacial score (nSPS) is 19.8. The van der Waals surface area contributed by atoms with Crippen LogP contribution in [0.1, 0.15) is 37.8 Å². The van der Waals surface area contributed by atoms with Crippen LogP contribution in [0.4, 0.5) is 9.18 Å². The van der Waals surface area contributed by atoms with Crippen molar-refractivity contribution in [3.63, 3.8) is 0 Å². The number of nitrogens with two attached hydrogens (primary N) is 1. The summed E-state index contributed by atoms with van der Waals surface area (Å²) in [6, 6.07) is 4.22. The van der Waals surface area contributed by atoms with Crippen molar-refractivity contribution in [2.75, 3.05) is 6.61 Å². The third-order valence-corrected chi connectivity index (χ3v) is 3.90. The van der Waals surface area contributed by atoms with Gasteiger partial charge in [0.2, 0.25) is 5.91 Å². The van der Waals surface area contributed by atoms with Gasteiger partial charge in [-0.1, -0.05) is 18.2 Å². The van der Waals surface area contributed by atoms with Gasteiger partial charge in [-0.3, -0.25) is 4.79 Å². The Bertz CT molecular complexity index is 561. The minimum Gasteiger partial charge on any atom is -0.376 e. The number of hydrogen-bond acceptors (Lipinski definition) is 3. The first-order valence-corrected chi connectivity index (χ1v) is 7.68. The molecule has 1 aliphatic rings. The van der Waals surface area contributed by atoms with Gasteiger partial charge in [0.15, 0.2) is 0 Å². The van der Waals surface area contributed by atoms with Gasteiger partial charge in [0, 0.05) is 12.2 Å². The van der Waals surface area contributed by atoms with Crippen LogP contribution in [-0.4, -0.2) is 30.7 Å². The second kappa shape index (κ2) is 7.92. The third-order valence-electron chi connectivity index (χ3n) is 3.90. The van der Waals surface area contributed by atoms with Gasteiger partial charge in [-0.25, -0.2) is 9.18 Å².